The topological polar surface area (TPSA) is 307 Å². The maximum absolute atomic E-state index is 13.7. The minimum atomic E-state index is -1.61. The third-order valence-electron chi connectivity index (χ3n) is 8.86. The molecular weight excluding hydrogens is 777 g/mol. The molecule has 1 fully saturated rings. The van der Waals surface area contributed by atoms with Gasteiger partial charge in [-0.25, -0.2) is 4.79 Å². The van der Waals surface area contributed by atoms with Gasteiger partial charge in [0.1, 0.15) is 29.9 Å². The number of carbonyl (C=O) groups excluding carboxylic acids is 7. The van der Waals surface area contributed by atoms with Crippen LogP contribution in [0.3, 0.4) is 0 Å². The van der Waals surface area contributed by atoms with Gasteiger partial charge in [-0.1, -0.05) is 54.0 Å². The standard InChI is InChI=1S/C37H50N10O10S/c1-47(37(56)57-20-31(50)24-8-3-2-4-9-24)22-58-21-30(32(38)51)45-36(55)29(19-48)44-35(54)28(18-23-12-14-25(49)15-13-23)43-34(53)27(10-5-6-17-41-46-39)42-33(52)26-11-7-16-40-26/h2-4,8-9,12-15,26-30,40,48-49H,5-7,10-11,16-22H2,1H3,(H2,38,51)(H,42,52)(H,43,53)(H,44,54)(H,45,55)/t26-,27-,28-,29-,30-/m0/s1. The number of hydrogen-bond acceptors (Lipinski definition) is 13. The molecule has 1 saturated heterocycles. The van der Waals surface area contributed by atoms with Gasteiger partial charge in [0.2, 0.25) is 29.5 Å². The predicted molar refractivity (Wildman–Crippen MR) is 212 cm³/mol. The number of nitrogens with zero attached hydrogens (tertiary/aromatic N) is 4. The van der Waals surface area contributed by atoms with Gasteiger partial charge in [0.15, 0.2) is 12.4 Å². The van der Waals surface area contributed by atoms with Gasteiger partial charge in [-0.05, 0) is 55.5 Å². The molecule has 0 aliphatic carbocycles. The van der Waals surface area contributed by atoms with Crippen molar-refractivity contribution in [1.29, 1.82) is 0 Å². The van der Waals surface area contributed by atoms with E-state index in [0.717, 1.165) is 23.1 Å². The van der Waals surface area contributed by atoms with Crippen molar-refractivity contribution < 1.29 is 48.5 Å². The van der Waals surface area contributed by atoms with E-state index in [1.54, 1.807) is 30.3 Å². The first-order valence-electron chi connectivity index (χ1n) is 18.5. The number of phenolic OH excluding ortho intramolecular Hbond substituents is 1. The summed E-state index contributed by atoms with van der Waals surface area (Å²) in [6.07, 6.45) is 1.40. The zero-order valence-electron chi connectivity index (χ0n) is 32.0. The number of rotatable bonds is 24. The van der Waals surface area contributed by atoms with Crippen molar-refractivity contribution in [3.8, 4) is 5.75 Å². The molecule has 9 N–H and O–H groups in total. The molecule has 2 aromatic rings. The van der Waals surface area contributed by atoms with Gasteiger partial charge in [-0.3, -0.25) is 28.8 Å². The zero-order valence-corrected chi connectivity index (χ0v) is 32.8. The molecule has 0 bridgehead atoms. The largest absolute Gasteiger partial charge is 0.508 e. The van der Waals surface area contributed by atoms with E-state index in [4.69, 9.17) is 16.0 Å². The van der Waals surface area contributed by atoms with Crippen molar-refractivity contribution in [3.63, 3.8) is 0 Å². The first-order valence-corrected chi connectivity index (χ1v) is 19.7. The Bertz CT molecular complexity index is 1760. The number of ketones is 1. The summed E-state index contributed by atoms with van der Waals surface area (Å²) in [6, 6.07) is 8.22. The number of Topliss-reactive ketones (excluding diaryl/α,β-unsaturated/α-hetero) is 1. The molecule has 3 rings (SSSR count). The highest BCUT2D eigenvalue weighted by Gasteiger charge is 2.32. The van der Waals surface area contributed by atoms with Gasteiger partial charge in [0.05, 0.1) is 18.5 Å². The first-order chi connectivity index (χ1) is 27.8. The van der Waals surface area contributed by atoms with E-state index in [0.29, 0.717) is 36.9 Å². The second kappa shape index (κ2) is 24.7. The van der Waals surface area contributed by atoms with Crippen molar-refractivity contribution in [2.24, 2.45) is 10.8 Å². The van der Waals surface area contributed by atoms with Crippen molar-refractivity contribution in [2.45, 2.75) is 68.7 Å². The van der Waals surface area contributed by atoms with Crippen LogP contribution in [-0.2, 0) is 35.1 Å². The molecule has 58 heavy (non-hydrogen) atoms. The number of phenols is 1. The Morgan fingerprint density at radius 2 is 1.60 bits per heavy atom. The van der Waals surface area contributed by atoms with Crippen molar-refractivity contribution in [1.82, 2.24) is 31.5 Å². The van der Waals surface area contributed by atoms with Crippen LogP contribution in [0.2, 0.25) is 0 Å². The van der Waals surface area contributed by atoms with Gasteiger partial charge in [0.25, 0.3) is 0 Å². The van der Waals surface area contributed by atoms with Crippen molar-refractivity contribution in [3.05, 3.63) is 76.2 Å². The third kappa shape index (κ3) is 15.9. The van der Waals surface area contributed by atoms with Gasteiger partial charge in [0, 0.05) is 36.2 Å². The van der Waals surface area contributed by atoms with E-state index in [1.807, 2.05) is 0 Å². The van der Waals surface area contributed by atoms with Crippen LogP contribution in [0.15, 0.2) is 59.7 Å². The summed E-state index contributed by atoms with van der Waals surface area (Å²) in [5.74, 6) is -4.50. The summed E-state index contributed by atoms with van der Waals surface area (Å²) in [7, 11) is 1.40. The number of primary amides is 1. The van der Waals surface area contributed by atoms with Crippen LogP contribution in [0, 0.1) is 0 Å². The third-order valence-corrected chi connectivity index (χ3v) is 10.0. The van der Waals surface area contributed by atoms with E-state index >= 15 is 0 Å². The molecule has 0 unspecified atom stereocenters. The molecule has 6 amide bonds. The molecule has 5 atom stereocenters. The van der Waals surface area contributed by atoms with E-state index in [2.05, 4.69) is 36.6 Å². The maximum Gasteiger partial charge on any atom is 0.410 e. The molecule has 0 radical (unpaired) electrons. The number of hydrogen-bond donors (Lipinski definition) is 8. The number of aromatic hydroxyl groups is 1. The van der Waals surface area contributed by atoms with Crippen LogP contribution in [0.5, 0.6) is 5.75 Å². The molecule has 1 aliphatic rings. The van der Waals surface area contributed by atoms with Crippen LogP contribution >= 0.6 is 11.8 Å². The van der Waals surface area contributed by atoms with Gasteiger partial charge >= 0.3 is 6.09 Å². The lowest BCUT2D eigenvalue weighted by molar-refractivity contribution is -0.135. The minimum Gasteiger partial charge on any atom is -0.508 e. The predicted octanol–water partition coefficient (Wildman–Crippen LogP) is 0.226. The molecule has 1 heterocycles. The smallest absolute Gasteiger partial charge is 0.410 e. The van der Waals surface area contributed by atoms with E-state index in [-0.39, 0.29) is 36.8 Å². The molecule has 21 heteroatoms. The average molecular weight is 827 g/mol. The fourth-order valence-electron chi connectivity index (χ4n) is 5.61. The molecular formula is C37H50N10O10S. The summed E-state index contributed by atoms with van der Waals surface area (Å²) in [5.41, 5.74) is 15.0. The lowest BCUT2D eigenvalue weighted by Gasteiger charge is -2.26. The Kier molecular flexibility index (Phi) is 19.8. The van der Waals surface area contributed by atoms with Crippen LogP contribution in [0.1, 0.15) is 48.0 Å². The number of unbranched alkanes of at least 4 members (excludes halogenated alkanes) is 1. The van der Waals surface area contributed by atoms with Crippen LogP contribution in [-0.4, -0.2) is 132 Å². The number of ether oxygens (including phenoxy) is 1. The number of aliphatic hydroxyl groups is 1. The normalized spacial score (nSPS) is 15.3. The summed E-state index contributed by atoms with van der Waals surface area (Å²) in [4.78, 5) is 94.5. The monoisotopic (exact) mass is 826 g/mol. The lowest BCUT2D eigenvalue weighted by Crippen LogP contribution is -2.60. The fourth-order valence-corrected chi connectivity index (χ4v) is 6.58. The van der Waals surface area contributed by atoms with Gasteiger partial charge in [-0.15, -0.1) is 11.8 Å². The lowest BCUT2D eigenvalue weighted by atomic mass is 10.0. The summed E-state index contributed by atoms with van der Waals surface area (Å²) < 4.78 is 5.06. The molecule has 20 nitrogen and oxygen atoms in total. The Hall–Kier alpha value is -5.89. The number of amides is 6. The number of thioether (sulfide) groups is 1. The highest BCUT2D eigenvalue weighted by molar-refractivity contribution is 7.99. The maximum atomic E-state index is 13.7. The average Bonchev–Trinajstić information content (AvgIpc) is 3.77. The van der Waals surface area contributed by atoms with Crippen LogP contribution < -0.4 is 32.3 Å². The van der Waals surface area contributed by atoms with Gasteiger partial charge in [-0.2, -0.15) is 0 Å². The molecule has 2 aromatic carbocycles. The number of aliphatic hydroxyl groups excluding tert-OH is 1. The fraction of sp³-hybridized carbons (Fsp3) is 0.486. The second-order valence-corrected chi connectivity index (χ2v) is 14.3. The summed E-state index contributed by atoms with van der Waals surface area (Å²) in [6.45, 7) is -0.576. The molecule has 0 saturated carbocycles. The molecule has 1 aliphatic heterocycles. The number of nitrogens with two attached hydrogens (primary N) is 1. The Labute approximate surface area is 339 Å². The van der Waals surface area contributed by atoms with E-state index < -0.39 is 84.8 Å². The Morgan fingerprint density at radius 1 is 0.948 bits per heavy atom. The zero-order chi connectivity index (χ0) is 42.5. The number of nitrogens with one attached hydrogen (secondary N) is 5. The second-order valence-electron chi connectivity index (χ2n) is 13.3. The van der Waals surface area contributed by atoms with Gasteiger partial charge < -0.3 is 52.2 Å². The Balaban J connectivity index is 1.64. The quantitative estimate of drug-likeness (QED) is 0.0176. The van der Waals surface area contributed by atoms with E-state index in [9.17, 15) is 43.8 Å². The van der Waals surface area contributed by atoms with Crippen LogP contribution in [0.25, 0.3) is 10.4 Å². The van der Waals surface area contributed by atoms with Crippen LogP contribution in [0.4, 0.5) is 4.79 Å². The van der Waals surface area contributed by atoms with E-state index in [1.165, 1.54) is 31.3 Å². The summed E-state index contributed by atoms with van der Waals surface area (Å²) in [5, 5.41) is 36.6. The number of benzene rings is 2. The Morgan fingerprint density at radius 3 is 2.24 bits per heavy atom. The van der Waals surface area contributed by atoms with Crippen molar-refractivity contribution >= 4 is 53.2 Å². The number of carbonyl (C=O) groups is 7. The minimum absolute atomic E-state index is 0.0246. The molecule has 314 valence electrons. The SMILES string of the molecule is CN(CSC[C@H](NC(=O)[C@H](CO)NC(=O)[C@H](Cc1ccc(O)cc1)NC(=O)[C@H](CCCCN=[N+]=[N-])NC(=O)[C@@H]1CCCN1)C(N)=O)C(=O)OCC(=O)c1ccccc1. The molecule has 0 spiro atoms. The highest BCUT2D eigenvalue weighted by atomic mass is 32.2. The highest BCUT2D eigenvalue weighted by Crippen LogP contribution is 2.14. The first kappa shape index (κ1) is 46.5. The van der Waals surface area contributed by atoms with Crippen molar-refractivity contribution in [2.75, 3.05) is 45.0 Å². The molecule has 0 aromatic heterocycles. The number of azide groups is 1. The summed E-state index contributed by atoms with van der Waals surface area (Å²) >= 11 is 1.02.